The number of benzene rings is 1. The lowest BCUT2D eigenvalue weighted by Crippen LogP contribution is -2.02. The summed E-state index contributed by atoms with van der Waals surface area (Å²) < 4.78 is 4.81. The van der Waals surface area contributed by atoms with Crippen molar-refractivity contribution in [2.24, 2.45) is 0 Å². The lowest BCUT2D eigenvalue weighted by molar-refractivity contribution is 0.0696. The Bertz CT molecular complexity index is 387. The number of aromatic carboxylic acids is 1. The highest BCUT2D eigenvalue weighted by atomic mass is 35.5. The van der Waals surface area contributed by atoms with E-state index in [1.165, 1.54) is 13.2 Å². The topological polar surface area (TPSA) is 66.8 Å². The lowest BCUT2D eigenvalue weighted by Gasteiger charge is -2.09. The van der Waals surface area contributed by atoms with Crippen molar-refractivity contribution in [2.45, 2.75) is 6.92 Å². The molecule has 0 unspecified atom stereocenters. The first-order chi connectivity index (χ1) is 6.49. The molecule has 0 spiro atoms. The molecule has 0 aliphatic rings. The normalized spacial score (nSPS) is 9.93. The molecule has 0 fully saturated rings. The van der Waals surface area contributed by atoms with E-state index in [9.17, 15) is 9.90 Å². The van der Waals surface area contributed by atoms with Gasteiger partial charge < -0.3 is 14.9 Å². The highest BCUT2D eigenvalue weighted by Crippen LogP contribution is 2.38. The summed E-state index contributed by atoms with van der Waals surface area (Å²) in [5.41, 5.74) is 0.335. The van der Waals surface area contributed by atoms with Gasteiger partial charge in [-0.3, -0.25) is 0 Å². The zero-order chi connectivity index (χ0) is 10.9. The molecule has 1 rings (SSSR count). The lowest BCUT2D eigenvalue weighted by atomic mass is 10.1. The predicted octanol–water partition coefficient (Wildman–Crippen LogP) is 2.06. The fraction of sp³-hybridized carbons (Fsp3) is 0.222. The number of phenols is 1. The molecule has 0 radical (unpaired) electrons. The maximum atomic E-state index is 10.8. The van der Waals surface area contributed by atoms with Crippen molar-refractivity contribution in [1.82, 2.24) is 0 Å². The first kappa shape index (κ1) is 10.7. The minimum Gasteiger partial charge on any atom is -0.503 e. The van der Waals surface area contributed by atoms with E-state index in [4.69, 9.17) is 21.4 Å². The van der Waals surface area contributed by atoms with E-state index in [1.807, 2.05) is 0 Å². The van der Waals surface area contributed by atoms with Gasteiger partial charge in [0.2, 0.25) is 0 Å². The number of methoxy groups -OCH3 is 1. The van der Waals surface area contributed by atoms with Crippen LogP contribution in [0, 0.1) is 6.92 Å². The summed E-state index contributed by atoms with van der Waals surface area (Å²) in [5.74, 6) is -1.36. The van der Waals surface area contributed by atoms with Gasteiger partial charge in [0.15, 0.2) is 11.5 Å². The van der Waals surface area contributed by atoms with E-state index in [0.717, 1.165) is 0 Å². The summed E-state index contributed by atoms with van der Waals surface area (Å²) in [6.07, 6.45) is 0. The van der Waals surface area contributed by atoms with Gasteiger partial charge in [-0.1, -0.05) is 11.6 Å². The molecule has 0 amide bonds. The molecular weight excluding hydrogens is 208 g/mol. The molecule has 0 aromatic heterocycles. The summed E-state index contributed by atoms with van der Waals surface area (Å²) in [6.45, 7) is 1.58. The predicted molar refractivity (Wildman–Crippen MR) is 51.4 cm³/mol. The van der Waals surface area contributed by atoms with Crippen LogP contribution < -0.4 is 4.74 Å². The van der Waals surface area contributed by atoms with Crippen molar-refractivity contribution in [3.05, 3.63) is 22.2 Å². The Morgan fingerprint density at radius 2 is 2.14 bits per heavy atom. The number of aryl methyl sites for hydroxylation is 1. The van der Waals surface area contributed by atoms with Crippen LogP contribution in [0.4, 0.5) is 0 Å². The number of carboxylic acid groups (broad SMARTS) is 1. The molecule has 0 aliphatic heterocycles. The number of aromatic hydroxyl groups is 1. The number of ether oxygens (including phenoxy) is 1. The number of hydrogen-bond donors (Lipinski definition) is 2. The van der Waals surface area contributed by atoms with Gasteiger partial charge >= 0.3 is 5.97 Å². The largest absolute Gasteiger partial charge is 0.503 e. The van der Waals surface area contributed by atoms with Gasteiger partial charge in [0.1, 0.15) is 5.02 Å². The second-order valence-corrected chi connectivity index (χ2v) is 3.12. The highest BCUT2D eigenvalue weighted by Gasteiger charge is 2.19. The van der Waals surface area contributed by atoms with Gasteiger partial charge in [-0.15, -0.1) is 0 Å². The third-order valence-electron chi connectivity index (χ3n) is 1.84. The van der Waals surface area contributed by atoms with E-state index < -0.39 is 5.97 Å². The maximum Gasteiger partial charge on any atom is 0.337 e. The van der Waals surface area contributed by atoms with E-state index >= 15 is 0 Å². The molecule has 14 heavy (non-hydrogen) atoms. The van der Waals surface area contributed by atoms with Crippen LogP contribution in [0.25, 0.3) is 0 Å². The zero-order valence-corrected chi connectivity index (χ0v) is 8.42. The Labute approximate surface area is 85.7 Å². The van der Waals surface area contributed by atoms with Crippen molar-refractivity contribution in [3.8, 4) is 11.5 Å². The van der Waals surface area contributed by atoms with Crippen LogP contribution in [0.5, 0.6) is 11.5 Å². The second-order valence-electron chi connectivity index (χ2n) is 2.74. The summed E-state index contributed by atoms with van der Waals surface area (Å²) in [5, 5.41) is 18.0. The maximum absolute atomic E-state index is 10.8. The number of carboxylic acids is 1. The fourth-order valence-corrected chi connectivity index (χ4v) is 1.48. The molecule has 0 bridgehead atoms. The average Bonchev–Trinajstić information content (AvgIpc) is 2.10. The highest BCUT2D eigenvalue weighted by molar-refractivity contribution is 6.35. The van der Waals surface area contributed by atoms with Crippen LogP contribution in [0.1, 0.15) is 15.9 Å². The van der Waals surface area contributed by atoms with E-state index in [2.05, 4.69) is 0 Å². The third-order valence-corrected chi connectivity index (χ3v) is 2.20. The Morgan fingerprint density at radius 3 is 2.57 bits per heavy atom. The molecule has 76 valence electrons. The molecule has 0 aliphatic carbocycles. The Hall–Kier alpha value is -1.42. The zero-order valence-electron chi connectivity index (χ0n) is 7.67. The monoisotopic (exact) mass is 216 g/mol. The molecule has 1 aromatic rings. The van der Waals surface area contributed by atoms with E-state index in [1.54, 1.807) is 6.92 Å². The first-order valence-corrected chi connectivity index (χ1v) is 4.16. The SMILES string of the molecule is COc1cc(C)c(C(=O)O)c(Cl)c1O. The molecular formula is C9H9ClO4. The molecule has 2 N–H and O–H groups in total. The Morgan fingerprint density at radius 1 is 1.57 bits per heavy atom. The third kappa shape index (κ3) is 1.61. The van der Waals surface area contributed by atoms with Gasteiger partial charge in [0.25, 0.3) is 0 Å². The molecule has 0 heterocycles. The van der Waals surface area contributed by atoms with Crippen LogP contribution in [0.2, 0.25) is 5.02 Å². The molecule has 4 nitrogen and oxygen atoms in total. The second kappa shape index (κ2) is 3.75. The molecule has 0 atom stereocenters. The number of rotatable bonds is 2. The summed E-state index contributed by atoms with van der Waals surface area (Å²) in [7, 11) is 1.37. The van der Waals surface area contributed by atoms with Crippen molar-refractivity contribution in [3.63, 3.8) is 0 Å². The minimum atomic E-state index is -1.18. The number of hydrogen-bond acceptors (Lipinski definition) is 3. The fourth-order valence-electron chi connectivity index (χ4n) is 1.15. The number of phenolic OH excluding ortho intramolecular Hbond substituents is 1. The summed E-state index contributed by atoms with van der Waals surface area (Å²) >= 11 is 5.67. The van der Waals surface area contributed by atoms with Gasteiger partial charge in [-0.05, 0) is 18.6 Å². The quantitative estimate of drug-likeness (QED) is 0.794. The van der Waals surface area contributed by atoms with E-state index in [0.29, 0.717) is 5.56 Å². The van der Waals surface area contributed by atoms with Crippen LogP contribution in [-0.2, 0) is 0 Å². The van der Waals surface area contributed by atoms with Crippen molar-refractivity contribution < 1.29 is 19.7 Å². The number of halogens is 1. The summed E-state index contributed by atoms with van der Waals surface area (Å²) in [6, 6.07) is 1.42. The number of carbonyl (C=O) groups is 1. The van der Waals surface area contributed by atoms with Crippen molar-refractivity contribution in [2.75, 3.05) is 7.11 Å². The van der Waals surface area contributed by atoms with Crippen LogP contribution in [0.15, 0.2) is 6.07 Å². The van der Waals surface area contributed by atoms with E-state index in [-0.39, 0.29) is 22.1 Å². The average molecular weight is 217 g/mol. The Kier molecular flexibility index (Phi) is 2.86. The van der Waals surface area contributed by atoms with Gasteiger partial charge in [0.05, 0.1) is 12.7 Å². The van der Waals surface area contributed by atoms with Crippen LogP contribution >= 0.6 is 11.6 Å². The molecule has 5 heteroatoms. The smallest absolute Gasteiger partial charge is 0.337 e. The van der Waals surface area contributed by atoms with Gasteiger partial charge in [0, 0.05) is 0 Å². The first-order valence-electron chi connectivity index (χ1n) is 3.78. The van der Waals surface area contributed by atoms with Gasteiger partial charge in [-0.2, -0.15) is 0 Å². The van der Waals surface area contributed by atoms with Crippen LogP contribution in [-0.4, -0.2) is 23.3 Å². The minimum absolute atomic E-state index is 0.107. The van der Waals surface area contributed by atoms with Crippen LogP contribution in [0.3, 0.4) is 0 Å². The van der Waals surface area contributed by atoms with Crippen molar-refractivity contribution >= 4 is 17.6 Å². The molecule has 1 aromatic carbocycles. The molecule has 0 saturated heterocycles. The standard InChI is InChI=1S/C9H9ClO4/c1-4-3-5(14-2)8(11)7(10)6(4)9(12)13/h3,11H,1-2H3,(H,12,13). The van der Waals surface area contributed by atoms with Gasteiger partial charge in [-0.25, -0.2) is 4.79 Å². The Balaban J connectivity index is 3.49. The van der Waals surface area contributed by atoms with Crippen molar-refractivity contribution in [1.29, 1.82) is 0 Å². The summed E-state index contributed by atoms with van der Waals surface area (Å²) in [4.78, 5) is 10.8. The molecule has 0 saturated carbocycles.